The van der Waals surface area contributed by atoms with Gasteiger partial charge in [0.1, 0.15) is 22.1 Å². The molecule has 0 bridgehead atoms. The third-order valence-corrected chi connectivity index (χ3v) is 6.21. The Bertz CT molecular complexity index is 739. The van der Waals surface area contributed by atoms with E-state index >= 15 is 0 Å². The number of aryl methyl sites for hydroxylation is 2. The normalized spacial score (nSPS) is 13.5. The molecule has 26 heavy (non-hydrogen) atoms. The molecule has 0 aliphatic heterocycles. The van der Waals surface area contributed by atoms with E-state index in [-0.39, 0.29) is 12.8 Å². The van der Waals surface area contributed by atoms with E-state index in [1.807, 2.05) is 0 Å². The molecular weight excluding hydrogens is 380 g/mol. The monoisotopic (exact) mass is 400 g/mol. The molecule has 0 aliphatic rings. The summed E-state index contributed by atoms with van der Waals surface area (Å²) in [5.41, 5.74) is 12.4. The molecule has 2 rings (SSSR count). The molecule has 0 unspecified atom stereocenters. The van der Waals surface area contributed by atoms with E-state index in [0.717, 1.165) is 10.1 Å². The number of rotatable bonds is 9. The highest BCUT2D eigenvalue weighted by atomic mass is 33.1. The summed E-state index contributed by atoms with van der Waals surface area (Å²) < 4.78 is 3.56. The van der Waals surface area contributed by atoms with Crippen molar-refractivity contribution in [3.8, 4) is 0 Å². The number of hydrogen-bond acceptors (Lipinski definition) is 8. The van der Waals surface area contributed by atoms with Gasteiger partial charge in [0, 0.05) is 26.9 Å². The topological polar surface area (TPSA) is 162 Å². The molecule has 12 heteroatoms. The van der Waals surface area contributed by atoms with Gasteiger partial charge in [-0.15, -0.1) is 0 Å². The fraction of sp³-hybridized carbons (Fsp3) is 0.429. The highest BCUT2D eigenvalue weighted by molar-refractivity contribution is 8.76. The Kier molecular flexibility index (Phi) is 6.69. The SMILES string of the molecule is Cn1cnc(C[C@H](N)C(=O)O)c1SSc1c(C[C@H](N)C(=O)O)ncn1C. The van der Waals surface area contributed by atoms with Crippen molar-refractivity contribution in [3.63, 3.8) is 0 Å². The predicted octanol–water partition coefficient (Wildman–Crippen LogP) is -0.138. The van der Waals surface area contributed by atoms with Crippen LogP contribution in [0.15, 0.2) is 22.7 Å². The third kappa shape index (κ3) is 4.78. The third-order valence-electron chi connectivity index (χ3n) is 3.57. The zero-order valence-corrected chi connectivity index (χ0v) is 15.8. The van der Waals surface area contributed by atoms with Gasteiger partial charge in [0.15, 0.2) is 0 Å². The number of carbonyl (C=O) groups is 2. The van der Waals surface area contributed by atoms with E-state index in [4.69, 9.17) is 21.7 Å². The molecule has 2 aromatic heterocycles. The van der Waals surface area contributed by atoms with E-state index in [1.165, 1.54) is 21.6 Å². The number of aliphatic carboxylic acids is 2. The number of nitrogens with zero attached hydrogens (tertiary/aromatic N) is 4. The zero-order valence-electron chi connectivity index (χ0n) is 14.2. The molecule has 2 heterocycles. The van der Waals surface area contributed by atoms with Crippen molar-refractivity contribution in [1.29, 1.82) is 0 Å². The molecule has 0 aliphatic carbocycles. The summed E-state index contributed by atoms with van der Waals surface area (Å²) in [6.45, 7) is 0. The minimum absolute atomic E-state index is 0.112. The van der Waals surface area contributed by atoms with Crippen molar-refractivity contribution in [2.75, 3.05) is 0 Å². The van der Waals surface area contributed by atoms with Crippen molar-refractivity contribution in [3.05, 3.63) is 24.0 Å². The van der Waals surface area contributed by atoms with Gasteiger partial charge in [-0.05, 0) is 21.6 Å². The maximum atomic E-state index is 11.0. The van der Waals surface area contributed by atoms with E-state index in [2.05, 4.69) is 9.97 Å². The van der Waals surface area contributed by atoms with Crippen molar-refractivity contribution in [2.45, 2.75) is 35.0 Å². The Hall–Kier alpha value is -2.02. The molecular formula is C14H20N6O4S2. The molecule has 10 nitrogen and oxygen atoms in total. The molecule has 0 saturated heterocycles. The Balaban J connectivity index is 2.15. The van der Waals surface area contributed by atoms with Crippen LogP contribution in [0.25, 0.3) is 0 Å². The lowest BCUT2D eigenvalue weighted by molar-refractivity contribution is -0.139. The first-order valence-corrected chi connectivity index (χ1v) is 9.67. The highest BCUT2D eigenvalue weighted by Gasteiger charge is 2.21. The second-order valence-corrected chi connectivity index (χ2v) is 7.79. The summed E-state index contributed by atoms with van der Waals surface area (Å²) >= 11 is 0. The van der Waals surface area contributed by atoms with Crippen molar-refractivity contribution in [2.24, 2.45) is 25.6 Å². The van der Waals surface area contributed by atoms with Gasteiger partial charge in [-0.2, -0.15) is 0 Å². The average molecular weight is 400 g/mol. The van der Waals surface area contributed by atoms with Crippen LogP contribution in [0.4, 0.5) is 0 Å². The maximum absolute atomic E-state index is 11.0. The Morgan fingerprint density at radius 1 is 0.962 bits per heavy atom. The fourth-order valence-corrected chi connectivity index (χ4v) is 4.81. The first-order chi connectivity index (χ1) is 12.2. The van der Waals surface area contributed by atoms with Gasteiger partial charge in [0.05, 0.1) is 24.0 Å². The molecule has 2 atom stereocenters. The van der Waals surface area contributed by atoms with Crippen LogP contribution in [0.3, 0.4) is 0 Å². The van der Waals surface area contributed by atoms with Gasteiger partial charge in [-0.25, -0.2) is 9.97 Å². The van der Waals surface area contributed by atoms with Gasteiger partial charge >= 0.3 is 11.9 Å². The second kappa shape index (κ2) is 8.58. The predicted molar refractivity (Wildman–Crippen MR) is 96.8 cm³/mol. The molecule has 0 spiro atoms. The maximum Gasteiger partial charge on any atom is 0.320 e. The molecule has 6 N–H and O–H groups in total. The summed E-state index contributed by atoms with van der Waals surface area (Å²) in [4.78, 5) is 30.4. The molecule has 142 valence electrons. The number of hydrogen-bond donors (Lipinski definition) is 4. The van der Waals surface area contributed by atoms with E-state index < -0.39 is 24.0 Å². The quantitative estimate of drug-likeness (QED) is 0.417. The van der Waals surface area contributed by atoms with Crippen molar-refractivity contribution < 1.29 is 19.8 Å². The lowest BCUT2D eigenvalue weighted by Gasteiger charge is -2.10. The van der Waals surface area contributed by atoms with Gasteiger partial charge in [-0.1, -0.05) is 0 Å². The molecule has 2 aromatic rings. The average Bonchev–Trinajstić information content (AvgIpc) is 3.09. The summed E-state index contributed by atoms with van der Waals surface area (Å²) in [5, 5.41) is 19.5. The number of carboxylic acid groups (broad SMARTS) is 2. The van der Waals surface area contributed by atoms with Crippen LogP contribution in [0.2, 0.25) is 0 Å². The van der Waals surface area contributed by atoms with E-state index in [9.17, 15) is 9.59 Å². The summed E-state index contributed by atoms with van der Waals surface area (Å²) in [7, 11) is 6.35. The Morgan fingerprint density at radius 2 is 1.31 bits per heavy atom. The largest absolute Gasteiger partial charge is 0.480 e. The smallest absolute Gasteiger partial charge is 0.320 e. The zero-order chi connectivity index (χ0) is 19.4. The molecule has 0 radical (unpaired) electrons. The van der Waals surface area contributed by atoms with Crippen molar-refractivity contribution in [1.82, 2.24) is 19.1 Å². The Labute approximate surface area is 157 Å². The van der Waals surface area contributed by atoms with Crippen LogP contribution < -0.4 is 11.5 Å². The molecule has 0 aromatic carbocycles. The Morgan fingerprint density at radius 3 is 1.62 bits per heavy atom. The highest BCUT2D eigenvalue weighted by Crippen LogP contribution is 2.40. The lowest BCUT2D eigenvalue weighted by Crippen LogP contribution is -2.32. The van der Waals surface area contributed by atoms with Crippen molar-refractivity contribution >= 4 is 33.5 Å². The summed E-state index contributed by atoms with van der Waals surface area (Å²) in [6.07, 6.45) is 3.41. The van der Waals surface area contributed by atoms with Gasteiger partial charge in [0.2, 0.25) is 0 Å². The van der Waals surface area contributed by atoms with E-state index in [0.29, 0.717) is 11.4 Å². The van der Waals surface area contributed by atoms with Crippen LogP contribution in [0.1, 0.15) is 11.4 Å². The van der Waals surface area contributed by atoms with Crippen LogP contribution >= 0.6 is 21.6 Å². The van der Waals surface area contributed by atoms with E-state index in [1.54, 1.807) is 35.9 Å². The summed E-state index contributed by atoms with van der Waals surface area (Å²) in [6, 6.07) is -2.06. The minimum Gasteiger partial charge on any atom is -0.480 e. The minimum atomic E-state index is -1.09. The van der Waals surface area contributed by atoms with Crippen LogP contribution in [-0.2, 0) is 36.5 Å². The van der Waals surface area contributed by atoms with Gasteiger partial charge in [0.25, 0.3) is 0 Å². The second-order valence-electron chi connectivity index (χ2n) is 5.68. The summed E-state index contributed by atoms with van der Waals surface area (Å²) in [5.74, 6) is -2.17. The standard InChI is InChI=1S/C14H20N6O4S2/c1-19-5-17-9(3-7(15)13(21)22)11(19)25-26-12-10(18-6-20(12)2)4-8(16)14(23)24/h5-8H,3-4,15-16H2,1-2H3,(H,21,22)(H,23,24)/t7-,8-/m0/s1. The number of imidazole rings is 2. The number of carboxylic acids is 2. The molecule has 0 saturated carbocycles. The first kappa shape index (κ1) is 20.3. The van der Waals surface area contributed by atoms with Gasteiger partial charge < -0.3 is 30.8 Å². The lowest BCUT2D eigenvalue weighted by atomic mass is 10.2. The fourth-order valence-electron chi connectivity index (χ4n) is 2.10. The van der Waals surface area contributed by atoms with Crippen LogP contribution in [0, 0.1) is 0 Å². The van der Waals surface area contributed by atoms with Crippen LogP contribution in [-0.4, -0.2) is 53.3 Å². The molecule has 0 fully saturated rings. The number of aromatic nitrogens is 4. The molecule has 0 amide bonds. The van der Waals surface area contributed by atoms with Gasteiger partial charge in [-0.3, -0.25) is 9.59 Å². The van der Waals surface area contributed by atoms with Crippen LogP contribution in [0.5, 0.6) is 0 Å². The first-order valence-electron chi connectivity index (χ1n) is 7.52. The number of nitrogens with two attached hydrogens (primary N) is 2.